The van der Waals surface area contributed by atoms with Crippen LogP contribution in [0.4, 0.5) is 0 Å². The second-order valence-corrected chi connectivity index (χ2v) is 6.74. The summed E-state index contributed by atoms with van der Waals surface area (Å²) < 4.78 is 0. The summed E-state index contributed by atoms with van der Waals surface area (Å²) in [7, 11) is 0. The molecular weight excluding hydrogens is 266 g/mol. The largest absolute Gasteiger partial charge is 0.336 e. The van der Waals surface area contributed by atoms with Crippen LogP contribution in [-0.4, -0.2) is 32.9 Å². The number of carbonyl (C=O) groups excluding carboxylic acids is 1. The molecule has 1 aliphatic carbocycles. The predicted octanol–water partition coefficient (Wildman–Crippen LogP) is 1.34. The summed E-state index contributed by atoms with van der Waals surface area (Å²) >= 11 is 0. The van der Waals surface area contributed by atoms with Crippen LogP contribution < -0.4 is 5.56 Å². The number of hydrogen-bond acceptors (Lipinski definition) is 3. The molecule has 2 atom stereocenters. The zero-order valence-electron chi connectivity index (χ0n) is 12.4. The van der Waals surface area contributed by atoms with E-state index < -0.39 is 0 Å². The van der Waals surface area contributed by atoms with Crippen LogP contribution in [0, 0.1) is 12.8 Å². The Morgan fingerprint density at radius 3 is 2.57 bits per heavy atom. The number of rotatable bonds is 1. The number of nitrogens with zero attached hydrogens (tertiary/aromatic N) is 2. The minimum Gasteiger partial charge on any atom is -0.336 e. The first-order valence-electron chi connectivity index (χ1n) is 8.04. The Bertz CT molecular complexity index is 647. The normalized spacial score (nSPS) is 28.0. The fraction of sp³-hybridized carbons (Fsp3) is 0.688. The molecule has 4 rings (SSSR count). The lowest BCUT2D eigenvalue weighted by Gasteiger charge is -2.35. The predicted molar refractivity (Wildman–Crippen MR) is 78.0 cm³/mol. The number of H-pyrrole nitrogens is 1. The van der Waals surface area contributed by atoms with Gasteiger partial charge in [0.15, 0.2) is 0 Å². The molecule has 2 unspecified atom stereocenters. The van der Waals surface area contributed by atoms with Crippen LogP contribution in [0.5, 0.6) is 0 Å². The molecule has 1 saturated heterocycles. The van der Waals surface area contributed by atoms with Gasteiger partial charge in [0.2, 0.25) is 5.91 Å². The lowest BCUT2D eigenvalue weighted by Crippen LogP contribution is -2.46. The van der Waals surface area contributed by atoms with Gasteiger partial charge in [-0.3, -0.25) is 9.59 Å². The summed E-state index contributed by atoms with van der Waals surface area (Å²) in [5.74, 6) is 1.24. The molecule has 5 heteroatoms. The molecule has 5 nitrogen and oxygen atoms in total. The number of aromatic nitrogens is 2. The van der Waals surface area contributed by atoms with Crippen molar-refractivity contribution >= 4 is 5.91 Å². The second kappa shape index (κ2) is 4.68. The molecule has 1 aromatic heterocycles. The number of aromatic amines is 1. The van der Waals surface area contributed by atoms with Gasteiger partial charge in [-0.25, -0.2) is 4.98 Å². The van der Waals surface area contributed by atoms with Gasteiger partial charge in [-0.15, -0.1) is 0 Å². The molecule has 0 radical (unpaired) electrons. The zero-order chi connectivity index (χ0) is 14.6. The Kier molecular flexibility index (Phi) is 2.91. The van der Waals surface area contributed by atoms with Crippen LogP contribution in [0.2, 0.25) is 0 Å². The Balaban J connectivity index is 1.69. The minimum absolute atomic E-state index is 0.0129. The highest BCUT2D eigenvalue weighted by atomic mass is 16.2. The smallest absolute Gasteiger partial charge is 0.254 e. The molecule has 1 amide bonds. The van der Waals surface area contributed by atoms with Gasteiger partial charge in [0.05, 0.1) is 5.69 Å². The molecule has 112 valence electrons. The van der Waals surface area contributed by atoms with E-state index >= 15 is 0 Å². The zero-order valence-corrected chi connectivity index (χ0v) is 12.4. The lowest BCUT2D eigenvalue weighted by molar-refractivity contribution is -0.141. The van der Waals surface area contributed by atoms with Crippen LogP contribution in [0.3, 0.4) is 0 Å². The average Bonchev–Trinajstić information content (AvgIpc) is 2.64. The quantitative estimate of drug-likeness (QED) is 0.847. The number of amides is 1. The van der Waals surface area contributed by atoms with Crippen molar-refractivity contribution in [3.05, 3.63) is 27.4 Å². The van der Waals surface area contributed by atoms with Crippen LogP contribution in [-0.2, 0) is 17.6 Å². The van der Waals surface area contributed by atoms with Crippen molar-refractivity contribution < 1.29 is 4.79 Å². The van der Waals surface area contributed by atoms with Crippen molar-refractivity contribution in [2.45, 2.75) is 64.0 Å². The molecule has 2 bridgehead atoms. The van der Waals surface area contributed by atoms with Gasteiger partial charge >= 0.3 is 0 Å². The first kappa shape index (κ1) is 13.0. The summed E-state index contributed by atoms with van der Waals surface area (Å²) in [6, 6.07) is 0.452. The highest BCUT2D eigenvalue weighted by molar-refractivity contribution is 5.80. The van der Waals surface area contributed by atoms with E-state index in [2.05, 4.69) is 14.9 Å². The van der Waals surface area contributed by atoms with E-state index in [1.165, 1.54) is 6.42 Å². The van der Waals surface area contributed by atoms with Gasteiger partial charge in [0.25, 0.3) is 5.56 Å². The van der Waals surface area contributed by atoms with Gasteiger partial charge in [-0.05, 0) is 32.6 Å². The molecule has 2 fully saturated rings. The highest BCUT2D eigenvalue weighted by Gasteiger charge is 2.43. The van der Waals surface area contributed by atoms with Gasteiger partial charge < -0.3 is 9.88 Å². The summed E-state index contributed by atoms with van der Waals surface area (Å²) in [5, 5.41) is 0. The molecule has 1 saturated carbocycles. The fourth-order valence-electron chi connectivity index (χ4n) is 4.09. The Hall–Kier alpha value is -1.65. The summed E-state index contributed by atoms with van der Waals surface area (Å²) in [5.41, 5.74) is 1.70. The molecule has 0 spiro atoms. The highest BCUT2D eigenvalue weighted by Crippen LogP contribution is 2.37. The van der Waals surface area contributed by atoms with E-state index in [1.807, 2.05) is 6.92 Å². The molecule has 1 aromatic rings. The molecule has 0 aromatic carbocycles. The molecule has 3 heterocycles. The van der Waals surface area contributed by atoms with Crippen LogP contribution in [0.15, 0.2) is 4.79 Å². The Morgan fingerprint density at radius 2 is 1.90 bits per heavy atom. The van der Waals surface area contributed by atoms with E-state index in [1.54, 1.807) is 0 Å². The summed E-state index contributed by atoms with van der Waals surface area (Å²) in [4.78, 5) is 34.4. The average molecular weight is 287 g/mol. The molecule has 1 N–H and O–H groups in total. The number of nitrogens with one attached hydrogen (secondary N) is 1. The number of fused-ring (bicyclic) bond motifs is 3. The van der Waals surface area contributed by atoms with Crippen LogP contribution in [0.1, 0.15) is 49.2 Å². The first-order chi connectivity index (χ1) is 10.1. The van der Waals surface area contributed by atoms with Gasteiger partial charge in [0.1, 0.15) is 5.82 Å². The maximum Gasteiger partial charge on any atom is 0.254 e. The topological polar surface area (TPSA) is 66.1 Å². The maximum absolute atomic E-state index is 12.7. The van der Waals surface area contributed by atoms with Crippen molar-refractivity contribution in [2.24, 2.45) is 5.92 Å². The van der Waals surface area contributed by atoms with E-state index in [9.17, 15) is 9.59 Å². The van der Waals surface area contributed by atoms with E-state index in [4.69, 9.17) is 0 Å². The SMILES string of the molecule is Cc1nc2c(c(=O)[nH]1)CC1CCC(C2)N1C(=O)C1CCC1. The van der Waals surface area contributed by atoms with E-state index in [-0.39, 0.29) is 23.6 Å². The molecule has 3 aliphatic rings. The van der Waals surface area contributed by atoms with Crippen molar-refractivity contribution in [3.63, 3.8) is 0 Å². The number of carbonyl (C=O) groups is 1. The Labute approximate surface area is 123 Å². The molecular formula is C16H21N3O2. The van der Waals surface area contributed by atoms with E-state index in [0.717, 1.165) is 43.4 Å². The standard InChI is InChI=1S/C16H21N3O2/c1-9-17-14-8-12-6-5-11(7-13(14)15(20)18-9)19(12)16(21)10-3-2-4-10/h10-12H,2-8H2,1H3,(H,17,18,20). The number of hydrogen-bond donors (Lipinski definition) is 1. The molecule has 2 aliphatic heterocycles. The third-order valence-electron chi connectivity index (χ3n) is 5.42. The van der Waals surface area contributed by atoms with Crippen molar-refractivity contribution in [3.8, 4) is 0 Å². The van der Waals surface area contributed by atoms with Crippen molar-refractivity contribution in [2.75, 3.05) is 0 Å². The fourth-order valence-corrected chi connectivity index (χ4v) is 4.09. The van der Waals surface area contributed by atoms with Gasteiger partial charge in [-0.2, -0.15) is 0 Å². The lowest BCUT2D eigenvalue weighted by atomic mass is 9.84. The van der Waals surface area contributed by atoms with Crippen LogP contribution in [0.25, 0.3) is 0 Å². The Morgan fingerprint density at radius 1 is 1.19 bits per heavy atom. The first-order valence-corrected chi connectivity index (χ1v) is 8.04. The third-order valence-corrected chi connectivity index (χ3v) is 5.42. The van der Waals surface area contributed by atoms with Gasteiger partial charge in [0, 0.05) is 36.4 Å². The van der Waals surface area contributed by atoms with Crippen molar-refractivity contribution in [1.82, 2.24) is 14.9 Å². The monoisotopic (exact) mass is 287 g/mol. The third kappa shape index (κ3) is 2.01. The maximum atomic E-state index is 12.7. The summed E-state index contributed by atoms with van der Waals surface area (Å²) in [6.07, 6.45) is 6.76. The summed E-state index contributed by atoms with van der Waals surface area (Å²) in [6.45, 7) is 1.82. The van der Waals surface area contributed by atoms with Gasteiger partial charge in [-0.1, -0.05) is 6.42 Å². The second-order valence-electron chi connectivity index (χ2n) is 6.74. The minimum atomic E-state index is -0.0129. The number of aryl methyl sites for hydroxylation is 1. The van der Waals surface area contributed by atoms with Crippen molar-refractivity contribution in [1.29, 1.82) is 0 Å². The van der Waals surface area contributed by atoms with Crippen LogP contribution >= 0.6 is 0 Å². The molecule has 21 heavy (non-hydrogen) atoms. The van der Waals surface area contributed by atoms with E-state index in [0.29, 0.717) is 18.2 Å².